The van der Waals surface area contributed by atoms with Crippen LogP contribution in [-0.4, -0.2) is 17.1 Å². The average Bonchev–Trinajstić information content (AvgIpc) is 2.64. The predicted molar refractivity (Wildman–Crippen MR) is 37.9 cm³/mol. The van der Waals surface area contributed by atoms with Crippen molar-refractivity contribution in [2.45, 2.75) is 0 Å². The molecule has 0 spiro atoms. The fraction of sp³-hybridized carbons (Fsp3) is 0.143. The van der Waals surface area contributed by atoms with Gasteiger partial charge >= 0.3 is 0 Å². The number of aromatic nitrogens is 2. The van der Waals surface area contributed by atoms with Crippen LogP contribution in [0.1, 0.15) is 0 Å². The van der Waals surface area contributed by atoms with E-state index < -0.39 is 0 Å². The van der Waals surface area contributed by atoms with Gasteiger partial charge in [-0.05, 0) is 10.3 Å². The molecule has 5 heteroatoms. The summed E-state index contributed by atoms with van der Waals surface area (Å²) in [6.07, 6.45) is 0. The molecule has 0 saturated heterocycles. The maximum absolute atomic E-state index is 5.14. The van der Waals surface area contributed by atoms with Crippen molar-refractivity contribution in [1.29, 1.82) is 0 Å². The first-order valence-corrected chi connectivity index (χ1v) is 3.45. The zero-order valence-electron chi connectivity index (χ0n) is 5.98. The molecule has 0 bridgehead atoms. The topological polar surface area (TPSA) is 57.4 Å². The van der Waals surface area contributed by atoms with Gasteiger partial charge in [0.05, 0.1) is 0 Å². The zero-order valence-corrected chi connectivity index (χ0v) is 5.98. The van der Waals surface area contributed by atoms with E-state index in [9.17, 15) is 0 Å². The molecule has 3 rings (SSSR count). The molecule has 1 aliphatic rings. The first-order chi connectivity index (χ1) is 5.93. The number of hydrogen-bond donors (Lipinski definition) is 0. The van der Waals surface area contributed by atoms with E-state index in [0.717, 1.165) is 0 Å². The van der Waals surface area contributed by atoms with Crippen molar-refractivity contribution in [3.63, 3.8) is 0 Å². The molecule has 0 aliphatic carbocycles. The Hall–Kier alpha value is -1.78. The molecule has 2 heterocycles. The molecule has 0 N–H and O–H groups in total. The summed E-state index contributed by atoms with van der Waals surface area (Å²) in [5.41, 5.74) is 1.36. The zero-order chi connectivity index (χ0) is 7.97. The summed E-state index contributed by atoms with van der Waals surface area (Å²) in [4.78, 5) is 0. The van der Waals surface area contributed by atoms with Crippen LogP contribution in [0.5, 0.6) is 11.5 Å². The molecule has 0 atom stereocenters. The maximum atomic E-state index is 5.14. The first kappa shape index (κ1) is 5.82. The van der Waals surface area contributed by atoms with Crippen molar-refractivity contribution in [2.75, 3.05) is 6.79 Å². The first-order valence-electron chi connectivity index (χ1n) is 3.45. The van der Waals surface area contributed by atoms with Crippen LogP contribution in [0.2, 0.25) is 0 Å². The summed E-state index contributed by atoms with van der Waals surface area (Å²) in [7, 11) is 0. The molecular formula is C7H4N2O3. The smallest absolute Gasteiger partial charge is 0.231 e. The highest BCUT2D eigenvalue weighted by molar-refractivity contribution is 5.78. The lowest BCUT2D eigenvalue weighted by Crippen LogP contribution is -1.92. The van der Waals surface area contributed by atoms with Gasteiger partial charge in [0.15, 0.2) is 11.5 Å². The highest BCUT2D eigenvalue weighted by atomic mass is 16.7. The lowest BCUT2D eigenvalue weighted by molar-refractivity contribution is 0.174. The van der Waals surface area contributed by atoms with Gasteiger partial charge in [0, 0.05) is 12.1 Å². The Morgan fingerprint density at radius 2 is 1.58 bits per heavy atom. The third kappa shape index (κ3) is 0.623. The molecule has 1 aliphatic heterocycles. The molecule has 1 aromatic heterocycles. The van der Waals surface area contributed by atoms with Crippen LogP contribution >= 0.6 is 0 Å². The van der Waals surface area contributed by atoms with E-state index >= 15 is 0 Å². The van der Waals surface area contributed by atoms with E-state index in [1.807, 2.05) is 0 Å². The van der Waals surface area contributed by atoms with Crippen molar-refractivity contribution in [3.8, 4) is 11.5 Å². The molecule has 60 valence electrons. The highest BCUT2D eigenvalue weighted by Gasteiger charge is 2.15. The van der Waals surface area contributed by atoms with Crippen molar-refractivity contribution < 1.29 is 14.1 Å². The molecule has 1 aromatic carbocycles. The minimum Gasteiger partial charge on any atom is -0.454 e. The van der Waals surface area contributed by atoms with E-state index in [0.29, 0.717) is 22.5 Å². The molecule has 5 nitrogen and oxygen atoms in total. The Morgan fingerprint density at radius 3 is 2.17 bits per heavy atom. The summed E-state index contributed by atoms with van der Waals surface area (Å²) in [6.45, 7) is 0.263. The molecule has 0 amide bonds. The fourth-order valence-electron chi connectivity index (χ4n) is 1.18. The van der Waals surface area contributed by atoms with E-state index in [-0.39, 0.29) is 6.79 Å². The van der Waals surface area contributed by atoms with E-state index in [2.05, 4.69) is 14.9 Å². The highest BCUT2D eigenvalue weighted by Crippen LogP contribution is 2.34. The molecule has 0 radical (unpaired) electrons. The van der Waals surface area contributed by atoms with Gasteiger partial charge in [-0.1, -0.05) is 0 Å². The van der Waals surface area contributed by atoms with Crippen LogP contribution in [0.15, 0.2) is 16.8 Å². The lowest BCUT2D eigenvalue weighted by Gasteiger charge is -1.91. The van der Waals surface area contributed by atoms with Crippen LogP contribution in [0.3, 0.4) is 0 Å². The molecular weight excluding hydrogens is 160 g/mol. The normalized spacial score (nSPS) is 14.0. The second-order valence-corrected chi connectivity index (χ2v) is 2.46. The summed E-state index contributed by atoms with van der Waals surface area (Å²) in [5, 5.41) is 7.35. The van der Waals surface area contributed by atoms with Gasteiger partial charge in [0.1, 0.15) is 11.0 Å². The van der Waals surface area contributed by atoms with Gasteiger partial charge < -0.3 is 9.47 Å². The van der Waals surface area contributed by atoms with Crippen molar-refractivity contribution >= 4 is 11.0 Å². The number of hydrogen-bond acceptors (Lipinski definition) is 5. The standard InChI is InChI=1S/C7H4N2O3/c1-4-5(9-12-8-4)2-7-6(1)10-3-11-7/h1-2H,3H2. The maximum Gasteiger partial charge on any atom is 0.231 e. The summed E-state index contributed by atoms with van der Waals surface area (Å²) in [6, 6.07) is 3.49. The van der Waals surface area contributed by atoms with Gasteiger partial charge in [-0.25, -0.2) is 4.63 Å². The molecule has 0 fully saturated rings. The summed E-state index contributed by atoms with van der Waals surface area (Å²) in [5.74, 6) is 1.39. The SMILES string of the molecule is c1c2c(cc3nonc13)OCO2. The number of rotatable bonds is 0. The van der Waals surface area contributed by atoms with E-state index in [4.69, 9.17) is 9.47 Å². The van der Waals surface area contributed by atoms with Gasteiger partial charge in [-0.3, -0.25) is 0 Å². The largest absolute Gasteiger partial charge is 0.454 e. The van der Waals surface area contributed by atoms with Crippen LogP contribution in [0, 0.1) is 0 Å². The molecule has 2 aromatic rings. The van der Waals surface area contributed by atoms with Crippen molar-refractivity contribution in [3.05, 3.63) is 12.1 Å². The number of benzene rings is 1. The van der Waals surface area contributed by atoms with Crippen LogP contribution in [0.4, 0.5) is 0 Å². The Bertz CT molecular complexity index is 399. The van der Waals surface area contributed by atoms with Gasteiger partial charge in [0.2, 0.25) is 6.79 Å². The minimum absolute atomic E-state index is 0.263. The lowest BCUT2D eigenvalue weighted by atomic mass is 10.3. The van der Waals surface area contributed by atoms with E-state index in [1.165, 1.54) is 0 Å². The number of nitrogens with zero attached hydrogens (tertiary/aromatic N) is 2. The Kier molecular flexibility index (Phi) is 0.910. The Labute approximate surface area is 66.8 Å². The average molecular weight is 164 g/mol. The summed E-state index contributed by atoms with van der Waals surface area (Å²) < 4.78 is 14.8. The van der Waals surface area contributed by atoms with Gasteiger partial charge in [-0.15, -0.1) is 0 Å². The summed E-state index contributed by atoms with van der Waals surface area (Å²) >= 11 is 0. The van der Waals surface area contributed by atoms with Crippen LogP contribution in [-0.2, 0) is 0 Å². The van der Waals surface area contributed by atoms with Gasteiger partial charge in [0.25, 0.3) is 0 Å². The second-order valence-electron chi connectivity index (χ2n) is 2.46. The number of ether oxygens (including phenoxy) is 2. The second kappa shape index (κ2) is 1.88. The Balaban J connectivity index is 2.38. The quantitative estimate of drug-likeness (QED) is 0.580. The monoisotopic (exact) mass is 164 g/mol. The third-order valence-corrected chi connectivity index (χ3v) is 1.75. The third-order valence-electron chi connectivity index (χ3n) is 1.75. The van der Waals surface area contributed by atoms with Crippen LogP contribution < -0.4 is 9.47 Å². The fourth-order valence-corrected chi connectivity index (χ4v) is 1.18. The van der Waals surface area contributed by atoms with E-state index in [1.54, 1.807) is 12.1 Å². The van der Waals surface area contributed by atoms with Crippen molar-refractivity contribution in [2.24, 2.45) is 0 Å². The number of fused-ring (bicyclic) bond motifs is 2. The van der Waals surface area contributed by atoms with Crippen molar-refractivity contribution in [1.82, 2.24) is 10.3 Å². The Morgan fingerprint density at radius 1 is 1.00 bits per heavy atom. The minimum atomic E-state index is 0.263. The van der Waals surface area contributed by atoms with Crippen LogP contribution in [0.25, 0.3) is 11.0 Å². The van der Waals surface area contributed by atoms with Gasteiger partial charge in [-0.2, -0.15) is 0 Å². The molecule has 0 unspecified atom stereocenters. The molecule has 12 heavy (non-hydrogen) atoms. The molecule has 0 saturated carbocycles. The predicted octanol–water partition coefficient (Wildman–Crippen LogP) is 0.951.